The molecule has 0 aliphatic carbocycles. The third-order valence-corrected chi connectivity index (χ3v) is 2.75. The molecule has 0 N–H and O–H groups in total. The Labute approximate surface area is 103 Å². The fourth-order valence-electron chi connectivity index (χ4n) is 1.70. The van der Waals surface area contributed by atoms with E-state index in [1.807, 2.05) is 12.1 Å². The average molecular weight is 257 g/mol. The Hall–Kier alpha value is -1.29. The lowest BCUT2D eigenvalue weighted by atomic mass is 10.1. The summed E-state index contributed by atoms with van der Waals surface area (Å²) in [4.78, 5) is 7.40. The molecular weight excluding hydrogens is 246 g/mol. The summed E-state index contributed by atoms with van der Waals surface area (Å²) in [6.07, 6.45) is -0.769. The quantitative estimate of drug-likeness (QED) is 0.770. The van der Waals surface area contributed by atoms with Gasteiger partial charge in [0.1, 0.15) is 5.15 Å². The van der Waals surface area contributed by atoms with Gasteiger partial charge in [-0.05, 0) is 24.1 Å². The van der Waals surface area contributed by atoms with Gasteiger partial charge in [0, 0.05) is 5.39 Å². The summed E-state index contributed by atoms with van der Waals surface area (Å²) < 4.78 is 25.0. The van der Waals surface area contributed by atoms with E-state index in [1.165, 1.54) is 0 Å². The monoisotopic (exact) mass is 256 g/mol. The first kappa shape index (κ1) is 12.2. The third kappa shape index (κ3) is 2.52. The zero-order valence-corrected chi connectivity index (χ0v) is 10.0. The highest BCUT2D eigenvalue weighted by atomic mass is 35.5. The molecule has 1 aromatic carbocycles. The average Bonchev–Trinajstić information content (AvgIpc) is 2.30. The van der Waals surface area contributed by atoms with Gasteiger partial charge in [0.2, 0.25) is 0 Å². The fraction of sp³-hybridized carbons (Fsp3) is 0.333. The molecule has 0 amide bonds. The number of alkyl halides is 2. The van der Waals surface area contributed by atoms with Crippen LogP contribution in [0.5, 0.6) is 0 Å². The highest BCUT2D eigenvalue weighted by Gasteiger charge is 2.14. The van der Waals surface area contributed by atoms with Gasteiger partial charge in [0.25, 0.3) is 6.43 Å². The Morgan fingerprint density at radius 3 is 2.71 bits per heavy atom. The highest BCUT2D eigenvalue weighted by Crippen LogP contribution is 2.25. The van der Waals surface area contributed by atoms with Gasteiger partial charge in [0.05, 0.1) is 5.52 Å². The van der Waals surface area contributed by atoms with Crippen molar-refractivity contribution >= 4 is 22.5 Å². The number of fused-ring (bicyclic) bond motifs is 1. The lowest BCUT2D eigenvalue weighted by molar-refractivity contribution is 0.141. The van der Waals surface area contributed by atoms with Crippen molar-refractivity contribution in [2.75, 3.05) is 0 Å². The Kier molecular flexibility index (Phi) is 3.52. The molecule has 2 rings (SSSR count). The van der Waals surface area contributed by atoms with Crippen LogP contribution in [0.25, 0.3) is 10.9 Å². The second-order valence-corrected chi connectivity index (χ2v) is 4.13. The maximum atomic E-state index is 12.5. The summed E-state index contributed by atoms with van der Waals surface area (Å²) in [5.41, 5.74) is 1.57. The summed E-state index contributed by atoms with van der Waals surface area (Å²) in [5, 5.41) is 0.713. The molecule has 17 heavy (non-hydrogen) atoms. The first-order valence-electron chi connectivity index (χ1n) is 5.36. The van der Waals surface area contributed by atoms with Crippen molar-refractivity contribution in [2.24, 2.45) is 0 Å². The smallest absolute Gasteiger partial charge is 0.227 e. The second-order valence-electron chi connectivity index (χ2n) is 3.77. The van der Waals surface area contributed by atoms with E-state index in [2.05, 4.69) is 16.9 Å². The van der Waals surface area contributed by atoms with Crippen molar-refractivity contribution in [1.82, 2.24) is 9.97 Å². The van der Waals surface area contributed by atoms with Crippen LogP contribution in [0.4, 0.5) is 8.78 Å². The molecular formula is C12H11ClF2N2. The molecule has 0 atom stereocenters. The van der Waals surface area contributed by atoms with Crippen LogP contribution in [0.1, 0.15) is 31.2 Å². The summed E-state index contributed by atoms with van der Waals surface area (Å²) in [7, 11) is 0. The van der Waals surface area contributed by atoms with Crippen LogP contribution >= 0.6 is 11.6 Å². The molecule has 0 aliphatic rings. The molecule has 2 nitrogen and oxygen atoms in total. The molecule has 90 valence electrons. The molecule has 5 heteroatoms. The maximum Gasteiger partial charge on any atom is 0.297 e. The largest absolute Gasteiger partial charge is 0.297 e. The normalized spacial score (nSPS) is 11.4. The molecule has 0 aliphatic heterocycles. The Morgan fingerprint density at radius 1 is 1.29 bits per heavy atom. The SMILES string of the molecule is CCCc1ccc2nc(C(F)F)nc(Cl)c2c1. The minimum atomic E-state index is -2.70. The van der Waals surface area contributed by atoms with E-state index in [0.717, 1.165) is 18.4 Å². The predicted octanol–water partition coefficient (Wildman–Crippen LogP) is 4.17. The molecule has 2 aromatic rings. The van der Waals surface area contributed by atoms with E-state index in [0.29, 0.717) is 10.9 Å². The van der Waals surface area contributed by atoms with E-state index in [1.54, 1.807) is 6.07 Å². The summed E-state index contributed by atoms with van der Waals surface area (Å²) in [6.45, 7) is 2.07. The summed E-state index contributed by atoms with van der Waals surface area (Å²) >= 11 is 5.89. The fourth-order valence-corrected chi connectivity index (χ4v) is 1.93. The van der Waals surface area contributed by atoms with E-state index >= 15 is 0 Å². The van der Waals surface area contributed by atoms with Crippen molar-refractivity contribution in [3.05, 3.63) is 34.7 Å². The lowest BCUT2D eigenvalue weighted by Gasteiger charge is -2.05. The van der Waals surface area contributed by atoms with Gasteiger partial charge in [-0.3, -0.25) is 0 Å². The molecule has 0 saturated heterocycles. The molecule has 0 saturated carbocycles. The van der Waals surface area contributed by atoms with Crippen LogP contribution in [0.2, 0.25) is 5.15 Å². The zero-order valence-electron chi connectivity index (χ0n) is 9.25. The van der Waals surface area contributed by atoms with Crippen molar-refractivity contribution in [1.29, 1.82) is 0 Å². The number of halogens is 3. The molecule has 0 spiro atoms. The first-order chi connectivity index (χ1) is 8.11. The minimum absolute atomic E-state index is 0.0863. The molecule has 1 aromatic heterocycles. The van der Waals surface area contributed by atoms with E-state index < -0.39 is 12.2 Å². The van der Waals surface area contributed by atoms with Gasteiger partial charge >= 0.3 is 0 Å². The van der Waals surface area contributed by atoms with Crippen LogP contribution in [0.15, 0.2) is 18.2 Å². The highest BCUT2D eigenvalue weighted by molar-refractivity contribution is 6.34. The number of hydrogen-bond donors (Lipinski definition) is 0. The summed E-state index contributed by atoms with van der Waals surface area (Å²) in [5.74, 6) is -0.522. The van der Waals surface area contributed by atoms with E-state index in [4.69, 9.17) is 11.6 Å². The van der Waals surface area contributed by atoms with Crippen LogP contribution in [0.3, 0.4) is 0 Å². The van der Waals surface area contributed by atoms with Crippen LogP contribution < -0.4 is 0 Å². The minimum Gasteiger partial charge on any atom is -0.227 e. The van der Waals surface area contributed by atoms with Crippen LogP contribution in [-0.4, -0.2) is 9.97 Å². The third-order valence-electron chi connectivity index (χ3n) is 2.46. The standard InChI is InChI=1S/C12H11ClF2N2/c1-2-3-7-4-5-9-8(6-7)10(13)17-12(16-9)11(14)15/h4-6,11H,2-3H2,1H3. The molecule has 1 heterocycles. The predicted molar refractivity (Wildman–Crippen MR) is 63.5 cm³/mol. The first-order valence-corrected chi connectivity index (χ1v) is 5.74. The van der Waals surface area contributed by atoms with Crippen molar-refractivity contribution < 1.29 is 8.78 Å². The van der Waals surface area contributed by atoms with Gasteiger partial charge in [-0.2, -0.15) is 0 Å². The van der Waals surface area contributed by atoms with Gasteiger partial charge in [-0.25, -0.2) is 18.7 Å². The molecule has 0 bridgehead atoms. The molecule has 0 unspecified atom stereocenters. The Bertz CT molecular complexity index is 543. The van der Waals surface area contributed by atoms with E-state index in [-0.39, 0.29) is 5.15 Å². The number of nitrogens with zero attached hydrogens (tertiary/aromatic N) is 2. The zero-order chi connectivity index (χ0) is 12.4. The Morgan fingerprint density at radius 2 is 2.06 bits per heavy atom. The van der Waals surface area contributed by atoms with Crippen molar-refractivity contribution in [3.8, 4) is 0 Å². The molecule has 0 fully saturated rings. The second kappa shape index (κ2) is 4.92. The van der Waals surface area contributed by atoms with Crippen molar-refractivity contribution in [2.45, 2.75) is 26.2 Å². The topological polar surface area (TPSA) is 25.8 Å². The lowest BCUT2D eigenvalue weighted by Crippen LogP contribution is -1.97. The van der Waals surface area contributed by atoms with Gasteiger partial charge in [-0.1, -0.05) is 31.0 Å². The van der Waals surface area contributed by atoms with Crippen molar-refractivity contribution in [3.63, 3.8) is 0 Å². The number of rotatable bonds is 3. The molecule has 0 radical (unpaired) electrons. The Balaban J connectivity index is 2.56. The summed E-state index contributed by atoms with van der Waals surface area (Å²) in [6, 6.07) is 5.45. The maximum absolute atomic E-state index is 12.5. The van der Waals surface area contributed by atoms with Gasteiger partial charge < -0.3 is 0 Å². The van der Waals surface area contributed by atoms with Gasteiger partial charge in [0.15, 0.2) is 5.82 Å². The number of aryl methyl sites for hydroxylation is 1. The number of hydrogen-bond acceptors (Lipinski definition) is 2. The van der Waals surface area contributed by atoms with Crippen LogP contribution in [-0.2, 0) is 6.42 Å². The van der Waals surface area contributed by atoms with Crippen LogP contribution in [0, 0.1) is 0 Å². The number of benzene rings is 1. The number of aromatic nitrogens is 2. The van der Waals surface area contributed by atoms with Gasteiger partial charge in [-0.15, -0.1) is 0 Å². The van der Waals surface area contributed by atoms with E-state index in [9.17, 15) is 8.78 Å².